The number of hydrogen-bond acceptors (Lipinski definition) is 2. The molecule has 0 aliphatic carbocycles. The van der Waals surface area contributed by atoms with Crippen molar-refractivity contribution in [2.75, 3.05) is 13.2 Å². The minimum absolute atomic E-state index is 0.00797. The largest absolute Gasteiger partial charge is 0.349 e. The molecule has 0 aliphatic rings. The first-order valence-corrected chi connectivity index (χ1v) is 4.80. The molecule has 1 aromatic carbocycles. The van der Waals surface area contributed by atoms with E-state index in [9.17, 15) is 9.18 Å². The van der Waals surface area contributed by atoms with Crippen molar-refractivity contribution >= 4 is 30.1 Å². The minimum atomic E-state index is -0.593. The molecule has 2 nitrogen and oxygen atoms in total. The van der Waals surface area contributed by atoms with Gasteiger partial charge in [0.15, 0.2) is 0 Å². The molecule has 0 heterocycles. The van der Waals surface area contributed by atoms with Gasteiger partial charge < -0.3 is 5.32 Å². The predicted octanol–water partition coefficient (Wildman–Crippen LogP) is 2.33. The van der Waals surface area contributed by atoms with Crippen molar-refractivity contribution in [1.29, 1.82) is 0 Å². The molecule has 1 N–H and O–H groups in total. The Labute approximate surface area is 91.9 Å². The second kappa shape index (κ2) is 5.22. The van der Waals surface area contributed by atoms with Gasteiger partial charge in [0.1, 0.15) is 6.67 Å². The van der Waals surface area contributed by atoms with Crippen LogP contribution in [0.2, 0.25) is 5.02 Å². The molecule has 76 valence electrons. The van der Waals surface area contributed by atoms with Crippen LogP contribution >= 0.6 is 24.2 Å². The van der Waals surface area contributed by atoms with E-state index in [1.807, 2.05) is 0 Å². The molecule has 1 aromatic rings. The Hall–Kier alpha value is -0.740. The van der Waals surface area contributed by atoms with E-state index in [0.29, 0.717) is 15.5 Å². The number of benzene rings is 1. The standard InChI is InChI=1S/C9H9ClFNOS/c10-8-2-1-6(14)5-7(8)9(13)12-4-3-11/h1-2,5,14H,3-4H2,(H,12,13). The predicted molar refractivity (Wildman–Crippen MR) is 57.0 cm³/mol. The van der Waals surface area contributed by atoms with E-state index in [0.717, 1.165) is 0 Å². The normalized spacial score (nSPS) is 9.93. The van der Waals surface area contributed by atoms with Crippen LogP contribution in [0.3, 0.4) is 0 Å². The minimum Gasteiger partial charge on any atom is -0.349 e. The molecule has 5 heteroatoms. The van der Waals surface area contributed by atoms with Crippen LogP contribution in [0.15, 0.2) is 23.1 Å². The average Bonchev–Trinajstić information content (AvgIpc) is 2.18. The summed E-state index contributed by atoms with van der Waals surface area (Å²) < 4.78 is 11.8. The van der Waals surface area contributed by atoms with Gasteiger partial charge in [-0.3, -0.25) is 4.79 Å². The van der Waals surface area contributed by atoms with Crippen molar-refractivity contribution in [3.63, 3.8) is 0 Å². The van der Waals surface area contributed by atoms with Crippen LogP contribution in [-0.4, -0.2) is 19.1 Å². The first-order valence-electron chi connectivity index (χ1n) is 3.98. The van der Waals surface area contributed by atoms with E-state index in [2.05, 4.69) is 17.9 Å². The van der Waals surface area contributed by atoms with Crippen LogP contribution in [-0.2, 0) is 0 Å². The number of rotatable bonds is 3. The lowest BCUT2D eigenvalue weighted by molar-refractivity contribution is 0.0951. The van der Waals surface area contributed by atoms with E-state index in [1.165, 1.54) is 0 Å². The quantitative estimate of drug-likeness (QED) is 0.771. The van der Waals surface area contributed by atoms with Gasteiger partial charge >= 0.3 is 0 Å². The Morgan fingerprint density at radius 1 is 1.57 bits per heavy atom. The van der Waals surface area contributed by atoms with E-state index in [1.54, 1.807) is 18.2 Å². The molecule has 0 bridgehead atoms. The maximum atomic E-state index is 11.8. The fourth-order valence-electron chi connectivity index (χ4n) is 0.943. The topological polar surface area (TPSA) is 29.1 Å². The van der Waals surface area contributed by atoms with Crippen LogP contribution in [0.25, 0.3) is 0 Å². The van der Waals surface area contributed by atoms with Gasteiger partial charge in [-0.25, -0.2) is 4.39 Å². The Kier molecular flexibility index (Phi) is 4.22. The van der Waals surface area contributed by atoms with Gasteiger partial charge in [0.2, 0.25) is 0 Å². The van der Waals surface area contributed by atoms with Gasteiger partial charge in [0.05, 0.1) is 10.6 Å². The molecule has 0 unspecified atom stereocenters. The molecule has 0 atom stereocenters. The maximum Gasteiger partial charge on any atom is 0.252 e. The summed E-state index contributed by atoms with van der Waals surface area (Å²) in [5.41, 5.74) is 0.313. The number of carbonyl (C=O) groups excluding carboxylic acids is 1. The number of thiol groups is 1. The van der Waals surface area contributed by atoms with Gasteiger partial charge in [-0.15, -0.1) is 12.6 Å². The summed E-state index contributed by atoms with van der Waals surface area (Å²) in [6.45, 7) is -0.601. The van der Waals surface area contributed by atoms with Gasteiger partial charge in [0.25, 0.3) is 5.91 Å². The Morgan fingerprint density at radius 2 is 2.29 bits per heavy atom. The van der Waals surface area contributed by atoms with Crippen molar-refractivity contribution < 1.29 is 9.18 Å². The first kappa shape index (κ1) is 11.3. The van der Waals surface area contributed by atoms with Crippen LogP contribution in [0.1, 0.15) is 10.4 Å². The lowest BCUT2D eigenvalue weighted by atomic mass is 10.2. The van der Waals surface area contributed by atoms with Crippen molar-refractivity contribution in [2.24, 2.45) is 0 Å². The van der Waals surface area contributed by atoms with Gasteiger partial charge in [0, 0.05) is 11.4 Å². The summed E-state index contributed by atoms with van der Waals surface area (Å²) in [5.74, 6) is -0.386. The maximum absolute atomic E-state index is 11.8. The van der Waals surface area contributed by atoms with Crippen LogP contribution in [0.4, 0.5) is 4.39 Å². The lowest BCUT2D eigenvalue weighted by Crippen LogP contribution is -2.25. The van der Waals surface area contributed by atoms with Crippen molar-refractivity contribution in [3.05, 3.63) is 28.8 Å². The zero-order valence-electron chi connectivity index (χ0n) is 7.26. The Balaban J connectivity index is 2.83. The van der Waals surface area contributed by atoms with E-state index >= 15 is 0 Å². The number of nitrogens with one attached hydrogen (secondary N) is 1. The summed E-state index contributed by atoms with van der Waals surface area (Å²) >= 11 is 9.86. The summed E-state index contributed by atoms with van der Waals surface area (Å²) in [4.78, 5) is 12.0. The highest BCUT2D eigenvalue weighted by atomic mass is 35.5. The molecule has 0 fully saturated rings. The number of carbonyl (C=O) groups is 1. The second-order valence-electron chi connectivity index (χ2n) is 2.61. The molecule has 0 saturated carbocycles. The molecule has 1 amide bonds. The average molecular weight is 234 g/mol. The van der Waals surface area contributed by atoms with Crippen molar-refractivity contribution in [2.45, 2.75) is 4.90 Å². The third-order valence-electron chi connectivity index (χ3n) is 1.57. The lowest BCUT2D eigenvalue weighted by Gasteiger charge is -2.05. The third-order valence-corrected chi connectivity index (χ3v) is 2.18. The zero-order chi connectivity index (χ0) is 10.6. The summed E-state index contributed by atoms with van der Waals surface area (Å²) in [6.07, 6.45) is 0. The summed E-state index contributed by atoms with van der Waals surface area (Å²) in [7, 11) is 0. The molecule has 0 spiro atoms. The highest BCUT2D eigenvalue weighted by molar-refractivity contribution is 7.80. The highest BCUT2D eigenvalue weighted by Crippen LogP contribution is 2.19. The molecule has 14 heavy (non-hydrogen) atoms. The molecule has 0 saturated heterocycles. The van der Waals surface area contributed by atoms with Crippen molar-refractivity contribution in [3.8, 4) is 0 Å². The number of halogens is 2. The van der Waals surface area contributed by atoms with Gasteiger partial charge in [-0.05, 0) is 18.2 Å². The Morgan fingerprint density at radius 3 is 2.93 bits per heavy atom. The number of alkyl halides is 1. The second-order valence-corrected chi connectivity index (χ2v) is 3.53. The van der Waals surface area contributed by atoms with Crippen molar-refractivity contribution in [1.82, 2.24) is 5.32 Å². The van der Waals surface area contributed by atoms with Gasteiger partial charge in [-0.1, -0.05) is 11.6 Å². The molecular formula is C9H9ClFNOS. The van der Waals surface area contributed by atoms with Crippen LogP contribution in [0.5, 0.6) is 0 Å². The monoisotopic (exact) mass is 233 g/mol. The smallest absolute Gasteiger partial charge is 0.252 e. The third kappa shape index (κ3) is 2.89. The molecule has 0 aliphatic heterocycles. The molecule has 1 rings (SSSR count). The van der Waals surface area contributed by atoms with E-state index in [4.69, 9.17) is 11.6 Å². The fourth-order valence-corrected chi connectivity index (χ4v) is 1.35. The highest BCUT2D eigenvalue weighted by Gasteiger charge is 2.09. The Bertz CT molecular complexity index is 346. The molecule has 0 aromatic heterocycles. The summed E-state index contributed by atoms with van der Waals surface area (Å²) in [6, 6.07) is 4.80. The van der Waals surface area contributed by atoms with E-state index < -0.39 is 6.67 Å². The van der Waals surface area contributed by atoms with E-state index in [-0.39, 0.29) is 12.5 Å². The van der Waals surface area contributed by atoms with Gasteiger partial charge in [-0.2, -0.15) is 0 Å². The first-order chi connectivity index (χ1) is 6.65. The van der Waals surface area contributed by atoms with Crippen LogP contribution < -0.4 is 5.32 Å². The number of hydrogen-bond donors (Lipinski definition) is 2. The fraction of sp³-hybridized carbons (Fsp3) is 0.222. The SMILES string of the molecule is O=C(NCCF)c1cc(S)ccc1Cl. The molecule has 0 radical (unpaired) electrons. The number of amides is 1. The molecular weight excluding hydrogens is 225 g/mol. The van der Waals surface area contributed by atoms with Crippen LogP contribution in [0, 0.1) is 0 Å². The zero-order valence-corrected chi connectivity index (χ0v) is 8.91. The summed E-state index contributed by atoms with van der Waals surface area (Å²) in [5, 5.41) is 2.72.